The predicted molar refractivity (Wildman–Crippen MR) is 25.6 cm³/mol. The molecule has 0 unspecified atom stereocenters. The fraction of sp³-hybridized carbons (Fsp3) is 1.00. The largest absolute Gasteiger partial charge is 0.761 e. The van der Waals surface area contributed by atoms with Crippen LogP contribution >= 0.6 is 0 Å². The van der Waals surface area contributed by atoms with Gasteiger partial charge in [-0.05, 0) is 6.54 Å². The van der Waals surface area contributed by atoms with Gasteiger partial charge in [-0.15, -0.1) is 0 Å². The topological polar surface area (TPSA) is 83.6 Å². The summed E-state index contributed by atoms with van der Waals surface area (Å²) in [6.45, 7) is 2.65. The lowest BCUT2D eigenvalue weighted by molar-refractivity contribution is 0.330. The predicted octanol–water partition coefficient (Wildman–Crippen LogP) is -1.65. The third-order valence-electron chi connectivity index (χ3n) is 0. The Labute approximate surface area is 43.5 Å². The Kier molecular flexibility index (Phi) is 12.7. The number of hydrogen-bond acceptors (Lipinski definition) is 2. The average Bonchev–Trinajstić information content (AvgIpc) is 1.33. The molecule has 0 aromatic rings. The van der Waals surface area contributed by atoms with Crippen molar-refractivity contribution in [3.8, 4) is 0 Å². The zero-order chi connectivity index (χ0) is 6.28. The first-order chi connectivity index (χ1) is 3.15. The minimum atomic E-state index is -3.13. The molecule has 0 aliphatic rings. The van der Waals surface area contributed by atoms with E-state index in [-0.39, 0.29) is 0 Å². The van der Waals surface area contributed by atoms with E-state index in [1.165, 1.54) is 0 Å². The number of hydrogen-bond donors (Lipinski definition) is 3. The van der Waals surface area contributed by atoms with Gasteiger partial charge in [0, 0.05) is 0 Å². The summed E-state index contributed by atoms with van der Waals surface area (Å²) in [5, 5.41) is 0. The second-order valence-corrected chi connectivity index (χ2v) is 1.26. The van der Waals surface area contributed by atoms with Gasteiger partial charge in [0.2, 0.25) is 0 Å². The molecule has 4 N–H and O–H groups in total. The van der Waals surface area contributed by atoms with Crippen molar-refractivity contribution in [3.05, 3.63) is 0 Å². The third kappa shape index (κ3) is 399. The zero-order valence-electron chi connectivity index (χ0n) is 4.09. The van der Waals surface area contributed by atoms with Gasteiger partial charge in [-0.2, -0.15) is 0 Å². The highest BCUT2D eigenvalue weighted by atomic mass is 28.3. The Hall–Kier alpha value is -0.423. The van der Waals surface area contributed by atoms with E-state index in [1.54, 1.807) is 0 Å². The van der Waals surface area contributed by atoms with Crippen molar-refractivity contribution in [1.29, 1.82) is 0 Å². The van der Waals surface area contributed by atoms with E-state index < -0.39 is 9.17 Å². The molecule has 0 aromatic heterocycles. The molecule has 0 bridgehead atoms. The zero-order valence-corrected chi connectivity index (χ0v) is 5.09. The molecule has 0 aromatic carbocycles. The van der Waals surface area contributed by atoms with Crippen LogP contribution < -0.4 is 5.73 Å². The number of nitrogens with two attached hydrogens (primary N) is 1. The molecule has 0 amide bonds. The second-order valence-electron chi connectivity index (χ2n) is 0.691. The smallest absolute Gasteiger partial charge is 0.511 e. The lowest BCUT2D eigenvalue weighted by atomic mass is 10.8. The maximum absolute atomic E-state index is 8.74. The molecule has 44 valence electrons. The molecule has 0 radical (unpaired) electrons. The first-order valence-electron chi connectivity index (χ1n) is 1.77. The van der Waals surface area contributed by atoms with Gasteiger partial charge < -0.3 is 15.3 Å². The highest BCUT2D eigenvalue weighted by molar-refractivity contribution is 6.22. The summed E-state index contributed by atoms with van der Waals surface area (Å²) in [5.74, 6) is 0. The standard InChI is InChI=1S/C2H7N.H2O3Si/c1-2-3;1-4(2)3/h2-3H2,1H3;1-2H. The van der Waals surface area contributed by atoms with Crippen molar-refractivity contribution in [3.63, 3.8) is 0 Å². The summed E-state index contributed by atoms with van der Waals surface area (Å²) >= 11 is 0. The molecule has 0 fully saturated rings. The minimum absolute atomic E-state index is 0.750. The van der Waals surface area contributed by atoms with Gasteiger partial charge in [0.1, 0.15) is 0 Å². The van der Waals surface area contributed by atoms with Crippen LogP contribution in [0.15, 0.2) is 0 Å². The summed E-state index contributed by atoms with van der Waals surface area (Å²) in [4.78, 5) is 14.3. The monoisotopic (exact) mass is 123 g/mol. The molecule has 0 aliphatic heterocycles. The average molecular weight is 123 g/mol. The van der Waals surface area contributed by atoms with Gasteiger partial charge in [-0.3, -0.25) is 4.46 Å². The molecule has 0 saturated carbocycles. The summed E-state index contributed by atoms with van der Waals surface area (Å²) in [5.41, 5.74) is 4.85. The van der Waals surface area contributed by atoms with Crippen molar-refractivity contribution in [2.75, 3.05) is 6.54 Å². The summed E-state index contributed by atoms with van der Waals surface area (Å²) in [7, 11) is -3.13. The van der Waals surface area contributed by atoms with Crippen LogP contribution in [0.25, 0.3) is 0 Å². The van der Waals surface area contributed by atoms with Crippen molar-refractivity contribution in [2.45, 2.75) is 6.92 Å². The van der Waals surface area contributed by atoms with Gasteiger partial charge >= 0.3 is 9.17 Å². The highest BCUT2D eigenvalue weighted by Gasteiger charge is 1.85. The number of rotatable bonds is 0. The normalized spacial score (nSPS) is 6.00. The molecule has 0 atom stereocenters. The molecule has 4 nitrogen and oxygen atoms in total. The van der Waals surface area contributed by atoms with Crippen LogP contribution in [0.5, 0.6) is 0 Å². The summed E-state index contributed by atoms with van der Waals surface area (Å²) in [6.07, 6.45) is 0. The van der Waals surface area contributed by atoms with Gasteiger partial charge in [0.05, 0.1) is 0 Å². The fourth-order valence-electron chi connectivity index (χ4n) is 0. The maximum atomic E-state index is 8.74. The molecule has 0 heterocycles. The lowest BCUT2D eigenvalue weighted by Gasteiger charge is -1.55. The molecule has 0 rings (SSSR count). The van der Waals surface area contributed by atoms with Crippen LogP contribution in [0.2, 0.25) is 0 Å². The summed E-state index contributed by atoms with van der Waals surface area (Å²) < 4.78 is 8.74. The van der Waals surface area contributed by atoms with Gasteiger partial charge in [0.15, 0.2) is 0 Å². The van der Waals surface area contributed by atoms with Crippen molar-refractivity contribution in [1.82, 2.24) is 0 Å². The van der Waals surface area contributed by atoms with Crippen molar-refractivity contribution < 1.29 is 14.1 Å². The highest BCUT2D eigenvalue weighted by Crippen LogP contribution is 1.27. The molecule has 5 heteroatoms. The van der Waals surface area contributed by atoms with E-state index >= 15 is 0 Å². The van der Waals surface area contributed by atoms with Gasteiger partial charge in [-0.25, -0.2) is 0 Å². The Morgan fingerprint density at radius 3 is 1.71 bits per heavy atom. The first-order valence-corrected chi connectivity index (χ1v) is 3.07. The molecule has 0 saturated heterocycles. The van der Waals surface area contributed by atoms with E-state index in [0.29, 0.717) is 0 Å². The van der Waals surface area contributed by atoms with E-state index in [2.05, 4.69) is 0 Å². The van der Waals surface area contributed by atoms with Crippen molar-refractivity contribution in [2.24, 2.45) is 5.73 Å². The quantitative estimate of drug-likeness (QED) is 0.337. The minimum Gasteiger partial charge on any atom is -0.511 e. The second kappa shape index (κ2) is 9.13. The van der Waals surface area contributed by atoms with Crippen LogP contribution in [0.3, 0.4) is 0 Å². The van der Waals surface area contributed by atoms with Gasteiger partial charge in [-0.1, -0.05) is 6.92 Å². The molecular formula is C2H9NO3Si. The lowest BCUT2D eigenvalue weighted by Crippen LogP contribution is -1.90. The molecular weight excluding hydrogens is 114 g/mol. The van der Waals surface area contributed by atoms with Crippen molar-refractivity contribution >= 4 is 9.17 Å². The molecule has 0 spiro atoms. The Bertz CT molecular complexity index is 44.2. The van der Waals surface area contributed by atoms with Crippen LogP contribution in [-0.2, 0) is 4.46 Å². The molecule has 7 heavy (non-hydrogen) atoms. The van der Waals surface area contributed by atoms with E-state index in [4.69, 9.17) is 19.8 Å². The Morgan fingerprint density at radius 2 is 1.71 bits per heavy atom. The Balaban J connectivity index is 0. The molecule has 0 aliphatic carbocycles. The van der Waals surface area contributed by atoms with Gasteiger partial charge in [0.25, 0.3) is 0 Å². The maximum Gasteiger partial charge on any atom is 0.761 e. The first kappa shape index (κ1) is 9.76. The van der Waals surface area contributed by atoms with Crippen LogP contribution in [0, 0.1) is 0 Å². The van der Waals surface area contributed by atoms with E-state index in [1.807, 2.05) is 6.92 Å². The van der Waals surface area contributed by atoms with E-state index in [9.17, 15) is 0 Å². The SMILES string of the molecule is CCN.O=[Si](O)O. The van der Waals surface area contributed by atoms with Crippen LogP contribution in [0.4, 0.5) is 0 Å². The fourth-order valence-corrected chi connectivity index (χ4v) is 0. The van der Waals surface area contributed by atoms with Crippen LogP contribution in [-0.4, -0.2) is 25.3 Å². The Morgan fingerprint density at radius 1 is 1.71 bits per heavy atom. The van der Waals surface area contributed by atoms with Crippen LogP contribution in [0.1, 0.15) is 6.92 Å². The summed E-state index contributed by atoms with van der Waals surface area (Å²) in [6, 6.07) is 0. The third-order valence-corrected chi connectivity index (χ3v) is 0. The van der Waals surface area contributed by atoms with E-state index in [0.717, 1.165) is 6.54 Å².